The van der Waals surface area contributed by atoms with Crippen molar-refractivity contribution in [3.8, 4) is 0 Å². The van der Waals surface area contributed by atoms with Crippen molar-refractivity contribution in [2.24, 2.45) is 0 Å². The molecule has 0 aliphatic heterocycles. The Morgan fingerprint density at radius 2 is 1.94 bits per heavy atom. The van der Waals surface area contributed by atoms with Crippen molar-refractivity contribution < 1.29 is 17.2 Å². The molecular formula is C10H13BrF2N2O2S. The van der Waals surface area contributed by atoms with Gasteiger partial charge < -0.3 is 5.32 Å². The third-order valence-electron chi connectivity index (χ3n) is 2.12. The number of sulfonamides is 1. The van der Waals surface area contributed by atoms with E-state index in [0.29, 0.717) is 19.0 Å². The zero-order valence-electron chi connectivity index (χ0n) is 9.63. The van der Waals surface area contributed by atoms with Crippen LogP contribution in [0.1, 0.15) is 6.42 Å². The van der Waals surface area contributed by atoms with E-state index in [2.05, 4.69) is 26.0 Å². The first-order valence-electron chi connectivity index (χ1n) is 5.15. The van der Waals surface area contributed by atoms with E-state index in [-0.39, 0.29) is 15.9 Å². The van der Waals surface area contributed by atoms with Crippen LogP contribution in [-0.4, -0.2) is 27.8 Å². The summed E-state index contributed by atoms with van der Waals surface area (Å²) in [6.45, 7) is 0.538. The average molecular weight is 343 g/mol. The number of benzene rings is 1. The molecule has 0 spiro atoms. The van der Waals surface area contributed by atoms with Gasteiger partial charge in [-0.1, -0.05) is 0 Å². The molecule has 102 valence electrons. The molecule has 18 heavy (non-hydrogen) atoms. The molecule has 0 radical (unpaired) electrons. The zero-order valence-corrected chi connectivity index (χ0v) is 12.0. The second-order valence-corrected chi connectivity index (χ2v) is 6.32. The van der Waals surface area contributed by atoms with Gasteiger partial charge in [0, 0.05) is 6.07 Å². The van der Waals surface area contributed by atoms with E-state index in [1.165, 1.54) is 0 Å². The zero-order chi connectivity index (χ0) is 13.8. The molecule has 1 aromatic carbocycles. The molecule has 0 atom stereocenters. The summed E-state index contributed by atoms with van der Waals surface area (Å²) in [5.41, 5.74) is -0.271. The number of hydrogen-bond acceptors (Lipinski definition) is 3. The van der Waals surface area contributed by atoms with E-state index in [1.807, 2.05) is 0 Å². The highest BCUT2D eigenvalue weighted by molar-refractivity contribution is 9.10. The highest BCUT2D eigenvalue weighted by Crippen LogP contribution is 2.24. The van der Waals surface area contributed by atoms with Crippen LogP contribution in [0.25, 0.3) is 0 Å². The van der Waals surface area contributed by atoms with Crippen LogP contribution in [0, 0.1) is 11.6 Å². The lowest BCUT2D eigenvalue weighted by molar-refractivity contribution is 0.578. The van der Waals surface area contributed by atoms with Crippen LogP contribution in [0.2, 0.25) is 0 Å². The number of nitrogens with one attached hydrogen (secondary N) is 2. The Labute approximate surface area is 113 Å². The third kappa shape index (κ3) is 4.51. The number of rotatable bonds is 6. The maximum Gasteiger partial charge on any atom is 0.232 e. The summed E-state index contributed by atoms with van der Waals surface area (Å²) in [6, 6.07) is 1.68. The molecule has 1 aromatic rings. The van der Waals surface area contributed by atoms with Gasteiger partial charge in [0.1, 0.15) is 11.6 Å². The first-order chi connectivity index (χ1) is 8.35. The maximum absolute atomic E-state index is 13.3. The van der Waals surface area contributed by atoms with Crippen LogP contribution >= 0.6 is 15.9 Å². The highest BCUT2D eigenvalue weighted by atomic mass is 79.9. The van der Waals surface area contributed by atoms with Gasteiger partial charge in [0.05, 0.1) is 15.9 Å². The number of anilines is 1. The molecule has 0 aliphatic rings. The molecule has 0 saturated carbocycles. The first kappa shape index (κ1) is 15.3. The summed E-state index contributed by atoms with van der Waals surface area (Å²) in [5, 5.41) is 2.81. The van der Waals surface area contributed by atoms with E-state index in [0.717, 1.165) is 6.07 Å². The fraction of sp³-hybridized carbons (Fsp3) is 0.400. The molecule has 8 heteroatoms. The molecule has 0 bridgehead atoms. The summed E-state index contributed by atoms with van der Waals surface area (Å²) in [4.78, 5) is 0. The van der Waals surface area contributed by atoms with Gasteiger partial charge in [-0.15, -0.1) is 0 Å². The second-order valence-electron chi connectivity index (χ2n) is 3.62. The smallest absolute Gasteiger partial charge is 0.232 e. The van der Waals surface area contributed by atoms with Crippen molar-refractivity contribution in [2.45, 2.75) is 6.42 Å². The Bertz CT molecular complexity index is 523. The summed E-state index contributed by atoms with van der Waals surface area (Å²) < 4.78 is 51.6. The van der Waals surface area contributed by atoms with E-state index in [9.17, 15) is 17.2 Å². The van der Waals surface area contributed by atoms with E-state index in [4.69, 9.17) is 0 Å². The van der Waals surface area contributed by atoms with Gasteiger partial charge in [0.15, 0.2) is 0 Å². The number of halogens is 3. The molecular weight excluding hydrogens is 330 g/mol. The molecule has 0 heterocycles. The van der Waals surface area contributed by atoms with Gasteiger partial charge in [0.25, 0.3) is 0 Å². The lowest BCUT2D eigenvalue weighted by atomic mass is 10.3. The van der Waals surface area contributed by atoms with Crippen LogP contribution in [0.3, 0.4) is 0 Å². The molecule has 2 N–H and O–H groups in total. The van der Waals surface area contributed by atoms with Crippen molar-refractivity contribution in [1.82, 2.24) is 5.32 Å². The summed E-state index contributed by atoms with van der Waals surface area (Å²) in [6.07, 6.45) is 0.399. The molecule has 0 amide bonds. The Morgan fingerprint density at radius 1 is 1.28 bits per heavy atom. The lowest BCUT2D eigenvalue weighted by Gasteiger charge is -2.09. The monoisotopic (exact) mass is 342 g/mol. The largest absolute Gasteiger partial charge is 0.320 e. The van der Waals surface area contributed by atoms with Crippen molar-refractivity contribution in [3.05, 3.63) is 28.2 Å². The minimum Gasteiger partial charge on any atom is -0.320 e. The average Bonchev–Trinajstić information content (AvgIpc) is 2.26. The summed E-state index contributed by atoms with van der Waals surface area (Å²) in [5.74, 6) is -1.87. The Hall–Kier alpha value is -0.730. The van der Waals surface area contributed by atoms with E-state index >= 15 is 0 Å². The minimum absolute atomic E-state index is 0.00294. The van der Waals surface area contributed by atoms with Gasteiger partial charge in [-0.25, -0.2) is 17.2 Å². The molecule has 0 aromatic heterocycles. The lowest BCUT2D eigenvalue weighted by Crippen LogP contribution is -2.20. The van der Waals surface area contributed by atoms with Gasteiger partial charge in [0.2, 0.25) is 10.0 Å². The predicted octanol–water partition coefficient (Wildman–Crippen LogP) is 2.08. The molecule has 0 fully saturated rings. The fourth-order valence-electron chi connectivity index (χ4n) is 1.26. The standard InChI is InChI=1S/C10H13BrF2N2O2S/c1-14-3-2-4-18(16,17)15-10-5-7(11)8(12)6-9(10)13/h5-6,14-15H,2-4H2,1H3. The Kier molecular flexibility index (Phi) is 5.48. The van der Waals surface area contributed by atoms with E-state index in [1.54, 1.807) is 7.05 Å². The molecule has 4 nitrogen and oxygen atoms in total. The highest BCUT2D eigenvalue weighted by Gasteiger charge is 2.15. The predicted molar refractivity (Wildman–Crippen MR) is 70.0 cm³/mol. The fourth-order valence-corrected chi connectivity index (χ4v) is 2.72. The summed E-state index contributed by atoms with van der Waals surface area (Å²) >= 11 is 2.87. The van der Waals surface area contributed by atoms with Gasteiger partial charge in [-0.3, -0.25) is 4.72 Å². The van der Waals surface area contributed by atoms with Crippen LogP contribution < -0.4 is 10.0 Å². The number of hydrogen-bond donors (Lipinski definition) is 2. The quantitative estimate of drug-likeness (QED) is 0.614. The van der Waals surface area contributed by atoms with Gasteiger partial charge in [-0.2, -0.15) is 0 Å². The van der Waals surface area contributed by atoms with Crippen LogP contribution in [0.4, 0.5) is 14.5 Å². The van der Waals surface area contributed by atoms with Crippen LogP contribution in [0.5, 0.6) is 0 Å². The SMILES string of the molecule is CNCCCS(=O)(=O)Nc1cc(Br)c(F)cc1F. The Balaban J connectivity index is 2.81. The van der Waals surface area contributed by atoms with Crippen molar-refractivity contribution >= 4 is 31.6 Å². The van der Waals surface area contributed by atoms with E-state index < -0.39 is 21.7 Å². The maximum atomic E-state index is 13.3. The van der Waals surface area contributed by atoms with Gasteiger partial charge in [-0.05, 0) is 42.0 Å². The van der Waals surface area contributed by atoms with Crippen LogP contribution in [0.15, 0.2) is 16.6 Å². The third-order valence-corrected chi connectivity index (χ3v) is 4.08. The molecule has 1 rings (SSSR count). The second kappa shape index (κ2) is 6.44. The van der Waals surface area contributed by atoms with Crippen molar-refractivity contribution in [2.75, 3.05) is 24.1 Å². The van der Waals surface area contributed by atoms with Gasteiger partial charge >= 0.3 is 0 Å². The topological polar surface area (TPSA) is 58.2 Å². The summed E-state index contributed by atoms with van der Waals surface area (Å²) in [7, 11) is -1.93. The molecule has 0 saturated heterocycles. The van der Waals surface area contributed by atoms with Crippen LogP contribution in [-0.2, 0) is 10.0 Å². The molecule has 0 aliphatic carbocycles. The molecule has 0 unspecified atom stereocenters. The van der Waals surface area contributed by atoms with Crippen molar-refractivity contribution in [1.29, 1.82) is 0 Å². The normalized spacial score (nSPS) is 11.6. The minimum atomic E-state index is -3.63. The Morgan fingerprint density at radius 3 is 2.56 bits per heavy atom. The van der Waals surface area contributed by atoms with Crippen molar-refractivity contribution in [3.63, 3.8) is 0 Å². The first-order valence-corrected chi connectivity index (χ1v) is 7.60.